The van der Waals surface area contributed by atoms with Crippen molar-refractivity contribution in [3.63, 3.8) is 0 Å². The fourth-order valence-corrected chi connectivity index (χ4v) is 7.46. The molecule has 4 bridgehead atoms. The number of benzene rings is 1. The van der Waals surface area contributed by atoms with Gasteiger partial charge in [-0.25, -0.2) is 0 Å². The molecule has 0 radical (unpaired) electrons. The Balaban J connectivity index is 1.21. The van der Waals surface area contributed by atoms with Crippen molar-refractivity contribution in [3.05, 3.63) is 29.0 Å². The molecule has 6 nitrogen and oxygen atoms in total. The summed E-state index contributed by atoms with van der Waals surface area (Å²) in [7, 11) is 3.59. The van der Waals surface area contributed by atoms with Crippen molar-refractivity contribution >= 4 is 35.0 Å². The summed E-state index contributed by atoms with van der Waals surface area (Å²) in [5.74, 6) is 4.55. The Kier molecular flexibility index (Phi) is 5.67. The van der Waals surface area contributed by atoms with Gasteiger partial charge in [-0.1, -0.05) is 23.4 Å². The number of anilines is 1. The molecule has 1 aromatic heterocycles. The van der Waals surface area contributed by atoms with Crippen molar-refractivity contribution in [1.29, 1.82) is 0 Å². The lowest BCUT2D eigenvalue weighted by molar-refractivity contribution is -0.113. The van der Waals surface area contributed by atoms with Crippen molar-refractivity contribution in [1.82, 2.24) is 14.8 Å². The van der Waals surface area contributed by atoms with Gasteiger partial charge in [-0.15, -0.1) is 10.2 Å². The quantitative estimate of drug-likeness (QED) is 0.591. The third kappa shape index (κ3) is 4.31. The van der Waals surface area contributed by atoms with Crippen LogP contribution in [-0.2, 0) is 18.3 Å². The number of hydrogen-bond acceptors (Lipinski definition) is 5. The lowest BCUT2D eigenvalue weighted by Crippen LogP contribution is -2.47. The maximum Gasteiger partial charge on any atom is 0.234 e. The summed E-state index contributed by atoms with van der Waals surface area (Å²) < 4.78 is 7.37. The predicted molar refractivity (Wildman–Crippen MR) is 123 cm³/mol. The zero-order valence-corrected chi connectivity index (χ0v) is 19.6. The van der Waals surface area contributed by atoms with E-state index < -0.39 is 0 Å². The molecule has 0 atom stereocenters. The summed E-state index contributed by atoms with van der Waals surface area (Å²) in [6.07, 6.45) is 9.45. The maximum absolute atomic E-state index is 12.5. The molecule has 1 heterocycles. The number of amides is 1. The van der Waals surface area contributed by atoms with Crippen LogP contribution in [0, 0.1) is 23.2 Å². The molecule has 31 heavy (non-hydrogen) atoms. The van der Waals surface area contributed by atoms with E-state index in [9.17, 15) is 4.79 Å². The second-order valence-electron chi connectivity index (χ2n) is 9.73. The molecule has 4 aliphatic carbocycles. The Hall–Kier alpha value is -1.73. The first-order chi connectivity index (χ1) is 14.9. The average molecular weight is 461 g/mol. The van der Waals surface area contributed by atoms with E-state index in [1.807, 2.05) is 7.05 Å². The predicted octanol–water partition coefficient (Wildman–Crippen LogP) is 4.97. The third-order valence-corrected chi connectivity index (χ3v) is 8.65. The first-order valence-electron chi connectivity index (χ1n) is 11.1. The van der Waals surface area contributed by atoms with Gasteiger partial charge in [0.2, 0.25) is 5.91 Å². The normalized spacial score (nSPS) is 28.7. The summed E-state index contributed by atoms with van der Waals surface area (Å²) >= 11 is 7.46. The fourth-order valence-electron chi connectivity index (χ4n) is 6.56. The number of rotatable bonds is 7. The van der Waals surface area contributed by atoms with Gasteiger partial charge in [-0.05, 0) is 79.9 Å². The SMILES string of the molecule is COc1ccc(Cl)cc1NC(=O)CSc1nnc(CC23CC4CC(CC(C4)C2)C3)n1C. The molecule has 0 saturated heterocycles. The van der Waals surface area contributed by atoms with E-state index in [0.29, 0.717) is 21.9 Å². The molecular weight excluding hydrogens is 432 g/mol. The first-order valence-corrected chi connectivity index (χ1v) is 12.4. The minimum atomic E-state index is -0.129. The molecule has 0 aliphatic heterocycles. The standard InChI is InChI=1S/C23H29ClN4O2S/c1-28-20(12-23-9-14-5-15(10-23)7-16(6-14)11-23)26-27-22(28)31-13-21(29)25-18-8-17(24)3-4-19(18)30-2/h3-4,8,14-16H,5-7,9-13H2,1-2H3,(H,25,29). The monoisotopic (exact) mass is 460 g/mol. The summed E-state index contributed by atoms with van der Waals surface area (Å²) in [4.78, 5) is 12.5. The van der Waals surface area contributed by atoms with E-state index in [4.69, 9.17) is 16.3 Å². The zero-order chi connectivity index (χ0) is 21.6. The lowest BCUT2D eigenvalue weighted by Gasteiger charge is -2.56. The van der Waals surface area contributed by atoms with Crippen LogP contribution in [0.1, 0.15) is 44.3 Å². The number of carbonyl (C=O) groups excluding carboxylic acids is 1. The van der Waals surface area contributed by atoms with Gasteiger partial charge < -0.3 is 14.6 Å². The number of thioether (sulfide) groups is 1. The Bertz CT molecular complexity index is 957. The van der Waals surface area contributed by atoms with Crippen molar-refractivity contribution in [3.8, 4) is 5.75 Å². The van der Waals surface area contributed by atoms with Gasteiger partial charge in [0, 0.05) is 18.5 Å². The number of nitrogens with zero attached hydrogens (tertiary/aromatic N) is 3. The van der Waals surface area contributed by atoms with Crippen LogP contribution in [0.5, 0.6) is 5.75 Å². The van der Waals surface area contributed by atoms with Crippen molar-refractivity contribution in [2.24, 2.45) is 30.2 Å². The van der Waals surface area contributed by atoms with Gasteiger partial charge in [0.15, 0.2) is 5.16 Å². The van der Waals surface area contributed by atoms with E-state index in [0.717, 1.165) is 35.2 Å². The maximum atomic E-state index is 12.5. The highest BCUT2D eigenvalue weighted by atomic mass is 35.5. The van der Waals surface area contributed by atoms with Crippen LogP contribution in [0.25, 0.3) is 0 Å². The number of methoxy groups -OCH3 is 1. The zero-order valence-electron chi connectivity index (χ0n) is 18.1. The molecule has 6 rings (SSSR count). The van der Waals surface area contributed by atoms with Crippen LogP contribution in [0.15, 0.2) is 23.4 Å². The number of nitrogens with one attached hydrogen (secondary N) is 1. The van der Waals surface area contributed by atoms with Crippen LogP contribution >= 0.6 is 23.4 Å². The van der Waals surface area contributed by atoms with Gasteiger partial charge >= 0.3 is 0 Å². The van der Waals surface area contributed by atoms with Crippen molar-refractivity contribution in [2.45, 2.75) is 50.1 Å². The minimum Gasteiger partial charge on any atom is -0.495 e. The molecule has 0 unspecified atom stereocenters. The van der Waals surface area contributed by atoms with E-state index in [1.54, 1.807) is 25.3 Å². The Morgan fingerprint density at radius 1 is 1.23 bits per heavy atom. The molecule has 0 spiro atoms. The highest BCUT2D eigenvalue weighted by Crippen LogP contribution is 2.60. The summed E-state index contributed by atoms with van der Waals surface area (Å²) in [5.41, 5.74) is 0.999. The van der Waals surface area contributed by atoms with Crippen molar-refractivity contribution in [2.75, 3.05) is 18.2 Å². The molecule has 4 aliphatic rings. The molecule has 2 aromatic rings. The van der Waals surface area contributed by atoms with Crippen LogP contribution in [-0.4, -0.2) is 33.5 Å². The van der Waals surface area contributed by atoms with Gasteiger partial charge in [0.1, 0.15) is 11.6 Å². The minimum absolute atomic E-state index is 0.129. The molecule has 4 saturated carbocycles. The molecular formula is C23H29ClN4O2S. The van der Waals surface area contributed by atoms with Gasteiger partial charge in [-0.3, -0.25) is 4.79 Å². The van der Waals surface area contributed by atoms with E-state index in [1.165, 1.54) is 50.3 Å². The first kappa shape index (κ1) is 21.1. The Morgan fingerprint density at radius 2 is 1.90 bits per heavy atom. The molecule has 8 heteroatoms. The highest BCUT2D eigenvalue weighted by molar-refractivity contribution is 7.99. The Labute approximate surface area is 192 Å². The lowest BCUT2D eigenvalue weighted by atomic mass is 9.49. The van der Waals surface area contributed by atoms with Crippen LogP contribution in [0.3, 0.4) is 0 Å². The van der Waals surface area contributed by atoms with Crippen LogP contribution < -0.4 is 10.1 Å². The smallest absolute Gasteiger partial charge is 0.234 e. The summed E-state index contributed by atoms with van der Waals surface area (Å²) in [5, 5.41) is 13.1. The molecule has 166 valence electrons. The topological polar surface area (TPSA) is 69.0 Å². The number of ether oxygens (including phenoxy) is 1. The molecule has 1 N–H and O–H groups in total. The van der Waals surface area contributed by atoms with Crippen LogP contribution in [0.2, 0.25) is 5.02 Å². The van der Waals surface area contributed by atoms with Crippen molar-refractivity contribution < 1.29 is 9.53 Å². The molecule has 1 amide bonds. The third-order valence-electron chi connectivity index (χ3n) is 7.39. The van der Waals surface area contributed by atoms with Crippen LogP contribution in [0.4, 0.5) is 5.69 Å². The fraction of sp³-hybridized carbons (Fsp3) is 0.609. The highest BCUT2D eigenvalue weighted by Gasteiger charge is 2.51. The largest absolute Gasteiger partial charge is 0.495 e. The second kappa shape index (κ2) is 8.32. The number of hydrogen-bond donors (Lipinski definition) is 1. The van der Waals surface area contributed by atoms with E-state index in [2.05, 4.69) is 20.1 Å². The summed E-state index contributed by atoms with van der Waals surface area (Å²) in [6, 6.07) is 5.16. The second-order valence-corrected chi connectivity index (χ2v) is 11.1. The van der Waals surface area contributed by atoms with E-state index >= 15 is 0 Å². The molecule has 1 aromatic carbocycles. The summed E-state index contributed by atoms with van der Waals surface area (Å²) in [6.45, 7) is 0. The number of halogens is 1. The van der Waals surface area contributed by atoms with Gasteiger partial charge in [0.05, 0.1) is 18.6 Å². The number of aromatic nitrogens is 3. The van der Waals surface area contributed by atoms with E-state index in [-0.39, 0.29) is 11.7 Å². The molecule has 4 fully saturated rings. The van der Waals surface area contributed by atoms with Gasteiger partial charge in [-0.2, -0.15) is 0 Å². The Morgan fingerprint density at radius 3 is 2.55 bits per heavy atom. The number of carbonyl (C=O) groups is 1. The average Bonchev–Trinajstić information content (AvgIpc) is 3.04. The van der Waals surface area contributed by atoms with Gasteiger partial charge in [0.25, 0.3) is 0 Å².